The number of carbonyl (C=O) groups excluding carboxylic acids is 1. The number of amides is 1. The standard InChI is InChI=1S/C19H24N2O3/c1-4-23-17-7-6-16(14-18(17)24-5-2)20-19(22)10-13-21-11-8-15(3)9-12-21/h6-9,11-12,14H,4-5,10,13H2,1-3H3/p+1. The summed E-state index contributed by atoms with van der Waals surface area (Å²) in [5.41, 5.74) is 1.91. The van der Waals surface area contributed by atoms with Gasteiger partial charge in [0.2, 0.25) is 5.91 Å². The van der Waals surface area contributed by atoms with Gasteiger partial charge in [0.1, 0.15) is 0 Å². The second kappa shape index (κ2) is 8.91. The summed E-state index contributed by atoms with van der Waals surface area (Å²) in [7, 11) is 0. The molecule has 1 aromatic carbocycles. The molecule has 1 heterocycles. The van der Waals surface area contributed by atoms with E-state index in [0.29, 0.717) is 43.4 Å². The van der Waals surface area contributed by atoms with Gasteiger partial charge in [0, 0.05) is 23.9 Å². The van der Waals surface area contributed by atoms with E-state index in [1.165, 1.54) is 5.56 Å². The van der Waals surface area contributed by atoms with Crippen molar-refractivity contribution in [2.45, 2.75) is 33.7 Å². The number of rotatable bonds is 8. The summed E-state index contributed by atoms with van der Waals surface area (Å²) in [4.78, 5) is 12.1. The third kappa shape index (κ3) is 5.26. The van der Waals surface area contributed by atoms with Gasteiger partial charge in [-0.2, -0.15) is 0 Å². The molecule has 1 aromatic heterocycles. The minimum absolute atomic E-state index is 0.0327. The first-order valence-electron chi connectivity index (χ1n) is 8.27. The van der Waals surface area contributed by atoms with Crippen molar-refractivity contribution in [2.24, 2.45) is 0 Å². The zero-order valence-corrected chi connectivity index (χ0v) is 14.5. The van der Waals surface area contributed by atoms with Crippen LogP contribution in [-0.4, -0.2) is 19.1 Å². The van der Waals surface area contributed by atoms with Gasteiger partial charge in [-0.05, 0) is 38.5 Å². The van der Waals surface area contributed by atoms with Gasteiger partial charge < -0.3 is 14.8 Å². The summed E-state index contributed by atoms with van der Waals surface area (Å²) in [5, 5.41) is 2.90. The molecule has 1 N–H and O–H groups in total. The van der Waals surface area contributed by atoms with Crippen LogP contribution in [0.25, 0.3) is 0 Å². The lowest BCUT2D eigenvalue weighted by molar-refractivity contribution is -0.695. The predicted octanol–water partition coefficient (Wildman–Crippen LogP) is 3.11. The molecule has 0 bridgehead atoms. The molecule has 0 saturated heterocycles. The zero-order valence-electron chi connectivity index (χ0n) is 14.5. The fourth-order valence-electron chi connectivity index (χ4n) is 2.26. The van der Waals surface area contributed by atoms with Crippen LogP contribution in [0.3, 0.4) is 0 Å². The van der Waals surface area contributed by atoms with E-state index in [4.69, 9.17) is 9.47 Å². The van der Waals surface area contributed by atoms with Gasteiger partial charge in [-0.15, -0.1) is 0 Å². The van der Waals surface area contributed by atoms with E-state index >= 15 is 0 Å². The van der Waals surface area contributed by atoms with Gasteiger partial charge in [-0.3, -0.25) is 4.79 Å². The number of ether oxygens (including phenoxy) is 2. The van der Waals surface area contributed by atoms with Gasteiger partial charge in [0.05, 0.1) is 19.6 Å². The molecule has 2 rings (SSSR count). The van der Waals surface area contributed by atoms with E-state index in [2.05, 4.69) is 5.32 Å². The molecular formula is C19H25N2O3+. The maximum atomic E-state index is 12.1. The summed E-state index contributed by atoms with van der Waals surface area (Å²) >= 11 is 0. The van der Waals surface area contributed by atoms with E-state index in [9.17, 15) is 4.79 Å². The number of aromatic nitrogens is 1. The highest BCUT2D eigenvalue weighted by molar-refractivity contribution is 5.90. The average molecular weight is 329 g/mol. The number of nitrogens with zero attached hydrogens (tertiary/aromatic N) is 1. The van der Waals surface area contributed by atoms with Gasteiger partial charge in [0.15, 0.2) is 30.4 Å². The molecule has 128 valence electrons. The molecule has 0 radical (unpaired) electrons. The Balaban J connectivity index is 1.95. The molecule has 5 nitrogen and oxygen atoms in total. The molecule has 0 fully saturated rings. The van der Waals surface area contributed by atoms with Crippen LogP contribution in [0.1, 0.15) is 25.8 Å². The molecule has 1 amide bonds. The van der Waals surface area contributed by atoms with Crippen LogP contribution in [0.2, 0.25) is 0 Å². The van der Waals surface area contributed by atoms with Crippen molar-refractivity contribution in [3.63, 3.8) is 0 Å². The highest BCUT2D eigenvalue weighted by Crippen LogP contribution is 2.30. The molecule has 0 aliphatic rings. The van der Waals surface area contributed by atoms with Gasteiger partial charge in [-0.1, -0.05) is 0 Å². The first kappa shape index (κ1) is 17.8. The Bertz CT molecular complexity index is 669. The van der Waals surface area contributed by atoms with Crippen molar-refractivity contribution in [2.75, 3.05) is 18.5 Å². The Kier molecular flexibility index (Phi) is 6.61. The highest BCUT2D eigenvalue weighted by Gasteiger charge is 2.10. The molecule has 5 heteroatoms. The zero-order chi connectivity index (χ0) is 17.4. The van der Waals surface area contributed by atoms with Gasteiger partial charge in [-0.25, -0.2) is 4.57 Å². The normalized spacial score (nSPS) is 10.3. The number of hydrogen-bond acceptors (Lipinski definition) is 3. The second-order valence-electron chi connectivity index (χ2n) is 5.44. The number of benzene rings is 1. The number of hydrogen-bond donors (Lipinski definition) is 1. The summed E-state index contributed by atoms with van der Waals surface area (Å²) in [5.74, 6) is 1.30. The van der Waals surface area contributed by atoms with Crippen molar-refractivity contribution < 1.29 is 18.8 Å². The smallest absolute Gasteiger partial charge is 0.230 e. The molecule has 24 heavy (non-hydrogen) atoms. The van der Waals surface area contributed by atoms with Gasteiger partial charge in [0.25, 0.3) is 0 Å². The fourth-order valence-corrected chi connectivity index (χ4v) is 2.26. The highest BCUT2D eigenvalue weighted by atomic mass is 16.5. The average Bonchev–Trinajstić information content (AvgIpc) is 2.57. The van der Waals surface area contributed by atoms with Crippen LogP contribution in [0.5, 0.6) is 11.5 Å². The lowest BCUT2D eigenvalue weighted by atomic mass is 10.2. The molecule has 0 atom stereocenters. The Morgan fingerprint density at radius 3 is 2.38 bits per heavy atom. The maximum absolute atomic E-state index is 12.1. The minimum Gasteiger partial charge on any atom is -0.490 e. The third-order valence-corrected chi connectivity index (χ3v) is 3.48. The number of pyridine rings is 1. The third-order valence-electron chi connectivity index (χ3n) is 3.48. The molecule has 0 saturated carbocycles. The number of carbonyl (C=O) groups is 1. The van der Waals surface area contributed by atoms with Crippen LogP contribution in [-0.2, 0) is 11.3 Å². The van der Waals surface area contributed by atoms with Crippen molar-refractivity contribution in [1.29, 1.82) is 0 Å². The van der Waals surface area contributed by atoms with E-state index in [-0.39, 0.29) is 5.91 Å². The SMILES string of the molecule is CCOc1ccc(NC(=O)CC[n+]2ccc(C)cc2)cc1OCC. The number of nitrogens with one attached hydrogen (secondary N) is 1. The Hall–Kier alpha value is -2.56. The van der Waals surface area contributed by atoms with Crippen LogP contribution < -0.4 is 19.4 Å². The minimum atomic E-state index is -0.0327. The Morgan fingerprint density at radius 1 is 1.04 bits per heavy atom. The number of aryl methyl sites for hydroxylation is 2. The summed E-state index contributed by atoms with van der Waals surface area (Å²) < 4.78 is 13.1. The Morgan fingerprint density at radius 2 is 1.71 bits per heavy atom. The summed E-state index contributed by atoms with van der Waals surface area (Å²) in [6.07, 6.45) is 4.37. The lowest BCUT2D eigenvalue weighted by Gasteiger charge is -2.12. The van der Waals surface area contributed by atoms with Crippen molar-refractivity contribution in [1.82, 2.24) is 0 Å². The summed E-state index contributed by atoms with van der Waals surface area (Å²) in [6, 6.07) is 9.49. The van der Waals surface area contributed by atoms with E-state index in [1.54, 1.807) is 6.07 Å². The first-order chi connectivity index (χ1) is 11.6. The molecule has 0 aliphatic heterocycles. The molecule has 0 unspecified atom stereocenters. The van der Waals surface area contributed by atoms with E-state index in [1.807, 2.05) is 62.0 Å². The lowest BCUT2D eigenvalue weighted by Crippen LogP contribution is -2.34. The largest absolute Gasteiger partial charge is 0.490 e. The number of anilines is 1. The van der Waals surface area contributed by atoms with Crippen LogP contribution in [0.15, 0.2) is 42.7 Å². The van der Waals surface area contributed by atoms with Crippen molar-refractivity contribution >= 4 is 11.6 Å². The topological polar surface area (TPSA) is 51.4 Å². The van der Waals surface area contributed by atoms with Crippen molar-refractivity contribution in [3.8, 4) is 11.5 Å². The quantitative estimate of drug-likeness (QED) is 0.757. The van der Waals surface area contributed by atoms with E-state index < -0.39 is 0 Å². The molecule has 2 aromatic rings. The van der Waals surface area contributed by atoms with Crippen LogP contribution in [0, 0.1) is 6.92 Å². The molecular weight excluding hydrogens is 304 g/mol. The second-order valence-corrected chi connectivity index (χ2v) is 5.44. The van der Waals surface area contributed by atoms with Crippen LogP contribution in [0.4, 0.5) is 5.69 Å². The molecule has 0 spiro atoms. The Labute approximate surface area is 143 Å². The van der Waals surface area contributed by atoms with E-state index in [0.717, 1.165) is 0 Å². The van der Waals surface area contributed by atoms with Crippen molar-refractivity contribution in [3.05, 3.63) is 48.3 Å². The fraction of sp³-hybridized carbons (Fsp3) is 0.368. The summed E-state index contributed by atoms with van der Waals surface area (Å²) in [6.45, 7) is 7.63. The van der Waals surface area contributed by atoms with Gasteiger partial charge >= 0.3 is 0 Å². The predicted molar refractivity (Wildman–Crippen MR) is 93.4 cm³/mol. The van der Waals surface area contributed by atoms with Crippen LogP contribution >= 0.6 is 0 Å². The first-order valence-corrected chi connectivity index (χ1v) is 8.27. The maximum Gasteiger partial charge on any atom is 0.230 e. The molecule has 0 aliphatic carbocycles. The monoisotopic (exact) mass is 329 g/mol.